The summed E-state index contributed by atoms with van der Waals surface area (Å²) in [5.74, 6) is 0.650. The lowest BCUT2D eigenvalue weighted by Gasteiger charge is -2.36. The van der Waals surface area contributed by atoms with Crippen LogP contribution in [0.3, 0.4) is 0 Å². The van der Waals surface area contributed by atoms with Crippen molar-refractivity contribution in [3.63, 3.8) is 0 Å². The summed E-state index contributed by atoms with van der Waals surface area (Å²) in [5.41, 5.74) is 1.27. The van der Waals surface area contributed by atoms with Crippen LogP contribution in [0.5, 0.6) is 5.75 Å². The van der Waals surface area contributed by atoms with Gasteiger partial charge in [-0.15, -0.1) is 0 Å². The molecule has 1 aliphatic carbocycles. The summed E-state index contributed by atoms with van der Waals surface area (Å²) in [6.45, 7) is 8.93. The number of nitrogens with zero attached hydrogens (tertiary/aromatic N) is 1. The first-order chi connectivity index (χ1) is 15.8. The fourth-order valence-electron chi connectivity index (χ4n) is 4.92. The lowest BCUT2D eigenvalue weighted by atomic mass is 9.75. The standard InChI is InChI=1S/C27H31NO5/c1-5-32-20-10-8-19(9-11-20)28-25(29)22-13-7-18(15-23(22)26(28)30)27(31)33-24-14-17(4)6-12-21(24)16(2)3/h7-11,13,15-17,21,24H,5-6,12,14H2,1-4H3/t17-,21+,24-/m0/s1. The van der Waals surface area contributed by atoms with Crippen LogP contribution in [0.2, 0.25) is 0 Å². The van der Waals surface area contributed by atoms with Gasteiger partial charge in [0.25, 0.3) is 11.8 Å². The average Bonchev–Trinajstić information content (AvgIpc) is 3.04. The molecular formula is C27H31NO5. The van der Waals surface area contributed by atoms with E-state index in [0.717, 1.165) is 24.2 Å². The number of anilines is 1. The lowest BCUT2D eigenvalue weighted by Crippen LogP contribution is -2.35. The number of imide groups is 1. The Kier molecular flexibility index (Phi) is 6.54. The maximum Gasteiger partial charge on any atom is 0.338 e. The summed E-state index contributed by atoms with van der Waals surface area (Å²) < 4.78 is 11.4. The van der Waals surface area contributed by atoms with Gasteiger partial charge in [0.1, 0.15) is 11.9 Å². The first-order valence-electron chi connectivity index (χ1n) is 11.8. The maximum absolute atomic E-state index is 13.1. The third-order valence-electron chi connectivity index (χ3n) is 6.75. The molecule has 174 valence electrons. The molecule has 0 N–H and O–H groups in total. The number of esters is 1. The number of rotatable bonds is 6. The molecule has 0 spiro atoms. The Morgan fingerprint density at radius 2 is 1.73 bits per heavy atom. The monoisotopic (exact) mass is 449 g/mol. The third-order valence-corrected chi connectivity index (χ3v) is 6.75. The maximum atomic E-state index is 13.1. The van der Waals surface area contributed by atoms with Gasteiger partial charge in [-0.1, -0.05) is 27.2 Å². The Labute approximate surface area is 194 Å². The van der Waals surface area contributed by atoms with E-state index in [9.17, 15) is 14.4 Å². The molecule has 2 aliphatic rings. The molecule has 0 radical (unpaired) electrons. The van der Waals surface area contributed by atoms with E-state index in [1.54, 1.807) is 36.4 Å². The highest BCUT2D eigenvalue weighted by Crippen LogP contribution is 2.36. The quantitative estimate of drug-likeness (QED) is 0.430. The molecule has 1 heterocycles. The van der Waals surface area contributed by atoms with Crippen molar-refractivity contribution in [2.24, 2.45) is 17.8 Å². The number of carbonyl (C=O) groups is 3. The van der Waals surface area contributed by atoms with Gasteiger partial charge in [-0.2, -0.15) is 0 Å². The minimum atomic E-state index is -0.444. The van der Waals surface area contributed by atoms with E-state index in [-0.39, 0.29) is 17.2 Å². The summed E-state index contributed by atoms with van der Waals surface area (Å²) in [4.78, 5) is 40.1. The van der Waals surface area contributed by atoms with Gasteiger partial charge in [-0.05, 0) is 80.0 Å². The molecule has 33 heavy (non-hydrogen) atoms. The van der Waals surface area contributed by atoms with Crippen LogP contribution in [0, 0.1) is 17.8 Å². The first kappa shape index (κ1) is 23.0. The molecular weight excluding hydrogens is 418 g/mol. The molecule has 1 saturated carbocycles. The largest absolute Gasteiger partial charge is 0.494 e. The predicted octanol–water partition coefficient (Wildman–Crippen LogP) is 5.50. The summed E-state index contributed by atoms with van der Waals surface area (Å²) in [6, 6.07) is 11.4. The van der Waals surface area contributed by atoms with Crippen molar-refractivity contribution >= 4 is 23.5 Å². The molecule has 2 aromatic carbocycles. The molecule has 4 rings (SSSR count). The summed E-state index contributed by atoms with van der Waals surface area (Å²) in [6.07, 6.45) is 2.91. The Morgan fingerprint density at radius 1 is 1.03 bits per heavy atom. The van der Waals surface area contributed by atoms with Gasteiger partial charge >= 0.3 is 5.97 Å². The van der Waals surface area contributed by atoms with Crippen molar-refractivity contribution in [3.8, 4) is 5.75 Å². The van der Waals surface area contributed by atoms with Crippen molar-refractivity contribution in [3.05, 3.63) is 59.2 Å². The van der Waals surface area contributed by atoms with E-state index in [0.29, 0.717) is 41.4 Å². The predicted molar refractivity (Wildman–Crippen MR) is 126 cm³/mol. The molecule has 0 unspecified atom stereocenters. The minimum absolute atomic E-state index is 0.132. The normalized spacial score (nSPS) is 22.5. The van der Waals surface area contributed by atoms with E-state index in [2.05, 4.69) is 20.8 Å². The Bertz CT molecular complexity index is 1060. The average molecular weight is 450 g/mol. The highest BCUT2D eigenvalue weighted by Gasteiger charge is 2.38. The topological polar surface area (TPSA) is 72.9 Å². The second-order valence-electron chi connectivity index (χ2n) is 9.40. The van der Waals surface area contributed by atoms with Gasteiger partial charge in [0.2, 0.25) is 0 Å². The zero-order chi connectivity index (χ0) is 23.7. The molecule has 2 amide bonds. The van der Waals surface area contributed by atoms with Crippen molar-refractivity contribution in [1.82, 2.24) is 0 Å². The van der Waals surface area contributed by atoms with Crippen molar-refractivity contribution < 1.29 is 23.9 Å². The Hall–Kier alpha value is -3.15. The minimum Gasteiger partial charge on any atom is -0.494 e. The van der Waals surface area contributed by atoms with Crippen LogP contribution in [-0.2, 0) is 4.74 Å². The second kappa shape index (κ2) is 9.38. The van der Waals surface area contributed by atoms with Crippen molar-refractivity contribution in [2.75, 3.05) is 11.5 Å². The molecule has 0 aromatic heterocycles. The zero-order valence-corrected chi connectivity index (χ0v) is 19.7. The number of amides is 2. The van der Waals surface area contributed by atoms with E-state index >= 15 is 0 Å². The molecule has 6 nitrogen and oxygen atoms in total. The van der Waals surface area contributed by atoms with Crippen LogP contribution in [0.4, 0.5) is 5.69 Å². The smallest absolute Gasteiger partial charge is 0.338 e. The summed E-state index contributed by atoms with van der Waals surface area (Å²) >= 11 is 0. The van der Waals surface area contributed by atoms with Crippen molar-refractivity contribution in [1.29, 1.82) is 0 Å². The molecule has 6 heteroatoms. The number of carbonyl (C=O) groups excluding carboxylic acids is 3. The van der Waals surface area contributed by atoms with Gasteiger partial charge in [-0.3, -0.25) is 9.59 Å². The van der Waals surface area contributed by atoms with Gasteiger partial charge in [0.05, 0.1) is 29.0 Å². The lowest BCUT2D eigenvalue weighted by molar-refractivity contribution is -0.0174. The number of benzene rings is 2. The molecule has 3 atom stereocenters. The number of hydrogen-bond donors (Lipinski definition) is 0. The van der Waals surface area contributed by atoms with Gasteiger partial charge in [0.15, 0.2) is 0 Å². The first-order valence-corrected chi connectivity index (χ1v) is 11.8. The van der Waals surface area contributed by atoms with E-state index in [1.807, 2.05) is 6.92 Å². The highest BCUT2D eigenvalue weighted by atomic mass is 16.5. The zero-order valence-electron chi connectivity index (χ0n) is 19.7. The molecule has 0 saturated heterocycles. The van der Waals surface area contributed by atoms with Crippen LogP contribution in [0.25, 0.3) is 0 Å². The SMILES string of the molecule is CCOc1ccc(N2C(=O)c3ccc(C(=O)O[C@H]4C[C@@H](C)CC[C@@H]4C(C)C)cc3C2=O)cc1. The Morgan fingerprint density at radius 3 is 2.39 bits per heavy atom. The van der Waals surface area contributed by atoms with Gasteiger partial charge < -0.3 is 9.47 Å². The van der Waals surface area contributed by atoms with E-state index in [1.165, 1.54) is 6.07 Å². The highest BCUT2D eigenvalue weighted by molar-refractivity contribution is 6.34. The number of hydrogen-bond acceptors (Lipinski definition) is 5. The van der Waals surface area contributed by atoms with E-state index < -0.39 is 17.8 Å². The van der Waals surface area contributed by atoms with Crippen LogP contribution in [0.15, 0.2) is 42.5 Å². The van der Waals surface area contributed by atoms with Crippen molar-refractivity contribution in [2.45, 2.75) is 53.1 Å². The van der Waals surface area contributed by atoms with E-state index in [4.69, 9.17) is 9.47 Å². The van der Waals surface area contributed by atoms with Gasteiger partial charge in [0, 0.05) is 0 Å². The fourth-order valence-corrected chi connectivity index (χ4v) is 4.92. The molecule has 1 fully saturated rings. The second-order valence-corrected chi connectivity index (χ2v) is 9.40. The van der Waals surface area contributed by atoms with Crippen LogP contribution in [0.1, 0.15) is 78.0 Å². The molecule has 0 bridgehead atoms. The van der Waals surface area contributed by atoms with Crippen LogP contribution in [-0.4, -0.2) is 30.5 Å². The van der Waals surface area contributed by atoms with Crippen LogP contribution >= 0.6 is 0 Å². The summed E-state index contributed by atoms with van der Waals surface area (Å²) in [5, 5.41) is 0. The molecule has 2 aromatic rings. The molecule has 1 aliphatic heterocycles. The third kappa shape index (κ3) is 4.52. The van der Waals surface area contributed by atoms with Gasteiger partial charge in [-0.25, -0.2) is 9.69 Å². The van der Waals surface area contributed by atoms with Crippen LogP contribution < -0.4 is 9.64 Å². The number of fused-ring (bicyclic) bond motifs is 1. The summed E-state index contributed by atoms with van der Waals surface area (Å²) in [7, 11) is 0. The Balaban J connectivity index is 1.54. The fraction of sp³-hybridized carbons (Fsp3) is 0.444. The number of ether oxygens (including phenoxy) is 2.